The van der Waals surface area contributed by atoms with Gasteiger partial charge >= 0.3 is 5.97 Å². The number of esters is 1. The molecule has 1 rings (SSSR count). The first-order chi connectivity index (χ1) is 40.7. The number of aliphatic hydroxyl groups excluding tert-OH is 5. The van der Waals surface area contributed by atoms with E-state index in [-0.39, 0.29) is 19.4 Å². The quantitative estimate of drug-likeness (QED) is 0.0195. The first kappa shape index (κ1) is 78.4. The maximum atomic E-state index is 13.5. The van der Waals surface area contributed by atoms with Crippen LogP contribution < -0.4 is 5.32 Å². The van der Waals surface area contributed by atoms with Crippen LogP contribution >= 0.6 is 0 Å². The number of carbonyl (C=O) groups is 2. The Bertz CT molecular complexity index is 1580. The SMILES string of the molecule is CCCCC/C=C\C/C=C\C/C=C\C/C=C\CCCCCCCCCCC(O)C(=O)NC(COC1OC(CO)C(O)C(O)C1OC(=O)CCCCCCCCCCCCCCCCCCCCC)C(O)/C=C/CCCCCCCCCCC. The minimum Gasteiger partial charge on any atom is -0.454 e. The van der Waals surface area contributed by atoms with E-state index >= 15 is 0 Å². The van der Waals surface area contributed by atoms with Crippen LogP contribution in [0.15, 0.2) is 60.8 Å². The van der Waals surface area contributed by atoms with Crippen LogP contribution in [0.5, 0.6) is 0 Å². The highest BCUT2D eigenvalue weighted by Gasteiger charge is 2.47. The van der Waals surface area contributed by atoms with Crippen LogP contribution in [0, 0.1) is 0 Å². The molecule has 1 fully saturated rings. The van der Waals surface area contributed by atoms with E-state index in [1.54, 1.807) is 6.08 Å². The summed E-state index contributed by atoms with van der Waals surface area (Å²) in [5.74, 6) is -1.19. The van der Waals surface area contributed by atoms with Gasteiger partial charge < -0.3 is 45.1 Å². The number of aliphatic hydroxyl groups is 5. The van der Waals surface area contributed by atoms with Crippen molar-refractivity contribution in [3.8, 4) is 0 Å². The van der Waals surface area contributed by atoms with Gasteiger partial charge in [-0.3, -0.25) is 9.59 Å². The van der Waals surface area contributed by atoms with Crippen molar-refractivity contribution < 1.29 is 49.3 Å². The third-order valence-corrected chi connectivity index (χ3v) is 16.4. The molecule has 1 heterocycles. The molecule has 83 heavy (non-hydrogen) atoms. The number of rotatable bonds is 60. The molecule has 8 atom stereocenters. The number of hydrogen-bond acceptors (Lipinski definition) is 10. The predicted octanol–water partition coefficient (Wildman–Crippen LogP) is 17.7. The van der Waals surface area contributed by atoms with Crippen molar-refractivity contribution in [1.82, 2.24) is 5.32 Å². The highest BCUT2D eigenvalue weighted by atomic mass is 16.7. The van der Waals surface area contributed by atoms with Gasteiger partial charge in [0, 0.05) is 6.42 Å². The Morgan fingerprint density at radius 2 is 0.831 bits per heavy atom. The highest BCUT2D eigenvalue weighted by molar-refractivity contribution is 5.80. The number of carbonyl (C=O) groups excluding carboxylic acids is 2. The van der Waals surface area contributed by atoms with Gasteiger partial charge in [-0.15, -0.1) is 0 Å². The molecule has 1 aliphatic heterocycles. The van der Waals surface area contributed by atoms with Gasteiger partial charge in [0.1, 0.15) is 24.4 Å². The topological polar surface area (TPSA) is 175 Å². The summed E-state index contributed by atoms with van der Waals surface area (Å²) in [5, 5.41) is 57.2. The molecule has 0 aromatic rings. The van der Waals surface area contributed by atoms with Crippen LogP contribution in [0.4, 0.5) is 0 Å². The van der Waals surface area contributed by atoms with Gasteiger partial charge in [0.25, 0.3) is 0 Å². The summed E-state index contributed by atoms with van der Waals surface area (Å²) < 4.78 is 17.7. The average Bonchev–Trinajstić information content (AvgIpc) is 3.52. The Hall–Kier alpha value is -2.64. The average molecular weight is 1170 g/mol. The minimum atomic E-state index is -1.61. The number of nitrogens with one attached hydrogen (secondary N) is 1. The summed E-state index contributed by atoms with van der Waals surface area (Å²) in [5.41, 5.74) is 0. The monoisotopic (exact) mass is 1170 g/mol. The number of unbranched alkanes of at least 4 members (excludes halogenated alkanes) is 38. The fraction of sp³-hybridized carbons (Fsp3) is 0.833. The van der Waals surface area contributed by atoms with Crippen LogP contribution in [-0.2, 0) is 23.8 Å². The van der Waals surface area contributed by atoms with Gasteiger partial charge in [-0.1, -0.05) is 306 Å². The molecule has 0 aromatic heterocycles. The fourth-order valence-electron chi connectivity index (χ4n) is 10.9. The summed E-state index contributed by atoms with van der Waals surface area (Å²) in [6.45, 7) is 5.79. The van der Waals surface area contributed by atoms with E-state index in [2.05, 4.69) is 74.7 Å². The first-order valence-electron chi connectivity index (χ1n) is 35.1. The van der Waals surface area contributed by atoms with Crippen molar-refractivity contribution in [3.63, 3.8) is 0 Å². The van der Waals surface area contributed by atoms with Gasteiger partial charge in [0.05, 0.1) is 25.4 Å². The molecule has 11 heteroatoms. The van der Waals surface area contributed by atoms with E-state index in [0.717, 1.165) is 83.5 Å². The summed E-state index contributed by atoms with van der Waals surface area (Å²) >= 11 is 0. The van der Waals surface area contributed by atoms with E-state index < -0.39 is 67.4 Å². The smallest absolute Gasteiger partial charge is 0.306 e. The Labute approximate surface area is 509 Å². The molecular weight excluding hydrogens is 1040 g/mol. The van der Waals surface area contributed by atoms with Crippen molar-refractivity contribution >= 4 is 11.9 Å². The Balaban J connectivity index is 2.58. The Morgan fingerprint density at radius 3 is 1.27 bits per heavy atom. The maximum absolute atomic E-state index is 13.5. The molecule has 0 aliphatic carbocycles. The van der Waals surface area contributed by atoms with Crippen molar-refractivity contribution in [2.75, 3.05) is 13.2 Å². The van der Waals surface area contributed by atoms with Crippen molar-refractivity contribution in [2.24, 2.45) is 0 Å². The van der Waals surface area contributed by atoms with Gasteiger partial charge in [-0.2, -0.15) is 0 Å². The molecule has 6 N–H and O–H groups in total. The molecule has 1 amide bonds. The number of ether oxygens (including phenoxy) is 3. The van der Waals surface area contributed by atoms with Crippen LogP contribution in [0.25, 0.3) is 0 Å². The zero-order valence-corrected chi connectivity index (χ0v) is 53.8. The van der Waals surface area contributed by atoms with Gasteiger partial charge in [-0.05, 0) is 70.6 Å². The number of amides is 1. The lowest BCUT2D eigenvalue weighted by molar-refractivity contribution is -0.305. The lowest BCUT2D eigenvalue weighted by Crippen LogP contribution is -2.61. The van der Waals surface area contributed by atoms with Crippen LogP contribution in [-0.4, -0.2) is 99.6 Å². The summed E-state index contributed by atoms with van der Waals surface area (Å²) in [4.78, 5) is 26.6. The van der Waals surface area contributed by atoms with Crippen LogP contribution in [0.3, 0.4) is 0 Å². The maximum Gasteiger partial charge on any atom is 0.306 e. The van der Waals surface area contributed by atoms with Crippen molar-refractivity contribution in [3.05, 3.63) is 60.8 Å². The molecule has 11 nitrogen and oxygen atoms in total. The standard InChI is InChI=1S/C72H131NO10/c1-4-7-10-13-16-19-22-24-26-28-30-31-32-33-34-36-37-39-41-44-47-50-53-56-59-65(76)71(80)73-63(64(75)58-55-52-49-46-43-21-18-15-12-9-6-3)62-81-72-70(69(79)68(78)66(61-74)82-72)83-67(77)60-57-54-51-48-45-42-40-38-35-29-27-25-23-20-17-14-11-8-5-2/h16,19,24,26,30-31,33-34,55,58,63-66,68-70,72,74-76,78-79H,4-15,17-18,20-23,25,27-29,32,35-54,56-57,59-62H2,1-3H3,(H,73,80)/b19-16-,26-24-,31-30-,34-33-,58-55+. The predicted molar refractivity (Wildman–Crippen MR) is 347 cm³/mol. The lowest BCUT2D eigenvalue weighted by Gasteiger charge is -2.41. The van der Waals surface area contributed by atoms with Gasteiger partial charge in [0.2, 0.25) is 5.91 Å². The number of hydrogen-bond donors (Lipinski definition) is 6. The van der Waals surface area contributed by atoms with E-state index in [0.29, 0.717) is 12.8 Å². The molecule has 484 valence electrons. The third kappa shape index (κ3) is 47.2. The molecule has 0 radical (unpaired) electrons. The second-order valence-electron chi connectivity index (χ2n) is 24.3. The van der Waals surface area contributed by atoms with E-state index in [1.807, 2.05) is 6.08 Å². The summed E-state index contributed by atoms with van der Waals surface area (Å²) in [6, 6.07) is -1.03. The molecule has 0 saturated carbocycles. The number of allylic oxidation sites excluding steroid dienone is 9. The van der Waals surface area contributed by atoms with Gasteiger partial charge in [0.15, 0.2) is 12.4 Å². The largest absolute Gasteiger partial charge is 0.454 e. The highest BCUT2D eigenvalue weighted by Crippen LogP contribution is 2.26. The summed E-state index contributed by atoms with van der Waals surface area (Å²) in [6.07, 6.45) is 65.4. The van der Waals surface area contributed by atoms with Crippen LogP contribution in [0.2, 0.25) is 0 Å². The molecule has 1 aliphatic rings. The first-order valence-corrected chi connectivity index (χ1v) is 35.1. The molecular formula is C72H131NO10. The van der Waals surface area contributed by atoms with Gasteiger partial charge in [-0.25, -0.2) is 0 Å². The second-order valence-corrected chi connectivity index (χ2v) is 24.3. The minimum absolute atomic E-state index is 0.126. The zero-order valence-electron chi connectivity index (χ0n) is 53.8. The van der Waals surface area contributed by atoms with E-state index in [9.17, 15) is 35.1 Å². The fourth-order valence-corrected chi connectivity index (χ4v) is 10.9. The molecule has 1 saturated heterocycles. The molecule has 8 unspecified atom stereocenters. The molecule has 0 bridgehead atoms. The Kier molecular flexibility index (Phi) is 56.4. The van der Waals surface area contributed by atoms with Crippen LogP contribution in [0.1, 0.15) is 323 Å². The van der Waals surface area contributed by atoms with E-state index in [1.165, 1.54) is 193 Å². The van der Waals surface area contributed by atoms with Crippen molar-refractivity contribution in [1.29, 1.82) is 0 Å². The third-order valence-electron chi connectivity index (χ3n) is 16.4. The van der Waals surface area contributed by atoms with Crippen molar-refractivity contribution in [2.45, 2.75) is 372 Å². The Morgan fingerprint density at radius 1 is 0.470 bits per heavy atom. The molecule has 0 aromatic carbocycles. The normalized spacial score (nSPS) is 18.9. The lowest BCUT2D eigenvalue weighted by atomic mass is 9.99. The zero-order chi connectivity index (χ0) is 60.3. The second kappa shape index (κ2) is 59.7. The molecule has 0 spiro atoms. The van der Waals surface area contributed by atoms with E-state index in [4.69, 9.17) is 14.2 Å². The summed E-state index contributed by atoms with van der Waals surface area (Å²) in [7, 11) is 0.